The van der Waals surface area contributed by atoms with Crippen LogP contribution >= 0.6 is 0 Å². The van der Waals surface area contributed by atoms with E-state index < -0.39 is 59.4 Å². The number of hydrogen-bond donors (Lipinski definition) is 0. The number of hydrogen-bond acceptors (Lipinski definition) is 7. The maximum atomic E-state index is 17.9. The first-order valence-electron chi connectivity index (χ1n) is 17.1. The molecule has 2 amide bonds. The van der Waals surface area contributed by atoms with E-state index in [2.05, 4.69) is 0 Å². The Kier molecular flexibility index (Phi) is 10.3. The summed E-state index contributed by atoms with van der Waals surface area (Å²) in [6.45, 7) is 11.1. The highest BCUT2D eigenvalue weighted by molar-refractivity contribution is 5.99. The van der Waals surface area contributed by atoms with Crippen molar-refractivity contribution in [1.29, 1.82) is 0 Å². The van der Waals surface area contributed by atoms with Gasteiger partial charge < -0.3 is 19.3 Å². The monoisotopic (exact) mass is 701 g/mol. The third-order valence-electron chi connectivity index (χ3n) is 9.35. The predicted octanol–water partition coefficient (Wildman–Crippen LogP) is 7.52. The molecule has 0 N–H and O–H groups in total. The Morgan fingerprint density at radius 1 is 1.00 bits per heavy atom. The molecule has 50 heavy (non-hydrogen) atoms. The molecule has 2 aromatic carbocycles. The summed E-state index contributed by atoms with van der Waals surface area (Å²) >= 11 is 0. The van der Waals surface area contributed by atoms with E-state index in [-0.39, 0.29) is 55.3 Å². The van der Waals surface area contributed by atoms with Gasteiger partial charge in [0.05, 0.1) is 24.1 Å². The van der Waals surface area contributed by atoms with Crippen molar-refractivity contribution < 1.29 is 41.4 Å². The second-order valence-corrected chi connectivity index (χ2v) is 15.7. The van der Waals surface area contributed by atoms with Crippen molar-refractivity contribution in [3.63, 3.8) is 0 Å². The Morgan fingerprint density at radius 2 is 1.66 bits per heavy atom. The predicted molar refractivity (Wildman–Crippen MR) is 181 cm³/mol. The van der Waals surface area contributed by atoms with E-state index in [9.17, 15) is 27.6 Å². The molecular weight excluding hydrogens is 654 g/mol. The fraction of sp³-hybridized carbons (Fsp3) is 0.553. The summed E-state index contributed by atoms with van der Waals surface area (Å²) in [7, 11) is 0. The Hall–Kier alpha value is -4.09. The number of alkyl halides is 4. The van der Waals surface area contributed by atoms with Crippen LogP contribution in [0.5, 0.6) is 0 Å². The highest BCUT2D eigenvalue weighted by Crippen LogP contribution is 2.47. The largest absolute Gasteiger partial charge is 0.460 e. The van der Waals surface area contributed by atoms with Crippen LogP contribution in [0.25, 0.3) is 0 Å². The van der Waals surface area contributed by atoms with Gasteiger partial charge in [0.25, 0.3) is 5.91 Å². The lowest BCUT2D eigenvalue weighted by Gasteiger charge is -2.37. The van der Waals surface area contributed by atoms with Crippen LogP contribution in [0.3, 0.4) is 0 Å². The van der Waals surface area contributed by atoms with E-state index in [1.54, 1.807) is 36.8 Å². The summed E-state index contributed by atoms with van der Waals surface area (Å²) in [5.74, 6) is -3.11. The number of likely N-dealkylation sites (tertiary alicyclic amines) is 1. The number of amides is 2. The number of imide groups is 1. The molecule has 3 saturated heterocycles. The van der Waals surface area contributed by atoms with Gasteiger partial charge in [-0.2, -0.15) is 13.2 Å². The van der Waals surface area contributed by atoms with Gasteiger partial charge in [0.1, 0.15) is 12.2 Å². The molecule has 2 aromatic rings. The third-order valence-corrected chi connectivity index (χ3v) is 9.35. The Morgan fingerprint density at radius 3 is 2.26 bits per heavy atom. The van der Waals surface area contributed by atoms with E-state index >= 15 is 4.39 Å². The number of rotatable bonds is 7. The standard InChI is InChI=1S/C38H47F4N3O5/c1-35(2,3)16-19-43-22-30(37(39,24-43)33(47)45-28(23-49-34(45)48)20-25-10-8-7-9-11-25)29-13-12-27(38(40,41)42)21-31(29)44-17-14-26(15-18-44)32(46)50-36(4,5)6/h7-13,16,19,21,26,28,30H,14-15,17-18,20,22-24H2,1-6H3/b19-16+/t28-,30?,37-/m1/s1. The summed E-state index contributed by atoms with van der Waals surface area (Å²) in [6, 6.07) is 11.6. The number of carbonyl (C=O) groups is 3. The van der Waals surface area contributed by atoms with Crippen LogP contribution in [0, 0.1) is 11.3 Å². The van der Waals surface area contributed by atoms with Gasteiger partial charge in [-0.25, -0.2) is 14.1 Å². The molecule has 3 aliphatic rings. The molecule has 0 saturated carbocycles. The fourth-order valence-electron chi connectivity index (χ4n) is 6.83. The van der Waals surface area contributed by atoms with Gasteiger partial charge >= 0.3 is 18.2 Å². The van der Waals surface area contributed by atoms with Crippen molar-refractivity contribution in [3.8, 4) is 0 Å². The zero-order valence-corrected chi connectivity index (χ0v) is 29.6. The van der Waals surface area contributed by atoms with Crippen molar-refractivity contribution in [2.75, 3.05) is 37.7 Å². The van der Waals surface area contributed by atoms with Crippen LogP contribution in [0.1, 0.15) is 77.0 Å². The van der Waals surface area contributed by atoms with Gasteiger partial charge in [-0.05, 0) is 74.9 Å². The van der Waals surface area contributed by atoms with E-state index in [0.717, 1.165) is 22.6 Å². The number of esters is 1. The maximum absolute atomic E-state index is 17.9. The van der Waals surface area contributed by atoms with Crippen LogP contribution in [0.15, 0.2) is 60.8 Å². The molecule has 8 nitrogen and oxygen atoms in total. The number of carbonyl (C=O) groups excluding carboxylic acids is 3. The zero-order valence-electron chi connectivity index (χ0n) is 29.6. The molecule has 5 rings (SSSR count). The summed E-state index contributed by atoms with van der Waals surface area (Å²) < 4.78 is 71.0. The molecule has 0 aliphatic carbocycles. The third kappa shape index (κ3) is 8.43. The van der Waals surface area contributed by atoms with E-state index in [0.29, 0.717) is 12.8 Å². The second kappa shape index (κ2) is 13.9. The van der Waals surface area contributed by atoms with Gasteiger partial charge in [0.15, 0.2) is 0 Å². The molecule has 3 heterocycles. The van der Waals surface area contributed by atoms with Crippen LogP contribution < -0.4 is 4.90 Å². The fourth-order valence-corrected chi connectivity index (χ4v) is 6.83. The average Bonchev–Trinajstić information content (AvgIpc) is 3.57. The minimum Gasteiger partial charge on any atom is -0.460 e. The van der Waals surface area contributed by atoms with Crippen LogP contribution in [0.4, 0.5) is 28.0 Å². The summed E-state index contributed by atoms with van der Waals surface area (Å²) in [5.41, 5.74) is -3.36. The quantitative estimate of drug-likeness (QED) is 0.218. The van der Waals surface area contributed by atoms with Crippen LogP contribution in [0.2, 0.25) is 0 Å². The molecule has 272 valence electrons. The first-order valence-corrected chi connectivity index (χ1v) is 17.1. The second-order valence-electron chi connectivity index (χ2n) is 15.7. The number of benzene rings is 2. The smallest absolute Gasteiger partial charge is 0.417 e. The highest BCUT2D eigenvalue weighted by Gasteiger charge is 2.59. The van der Waals surface area contributed by atoms with Crippen molar-refractivity contribution in [1.82, 2.24) is 9.80 Å². The van der Waals surface area contributed by atoms with E-state index in [1.807, 2.05) is 57.2 Å². The summed E-state index contributed by atoms with van der Waals surface area (Å²) in [4.78, 5) is 44.5. The van der Waals surface area contributed by atoms with E-state index in [4.69, 9.17) is 9.47 Å². The van der Waals surface area contributed by atoms with Gasteiger partial charge in [-0.3, -0.25) is 9.59 Å². The maximum Gasteiger partial charge on any atom is 0.417 e. The molecule has 0 spiro atoms. The SMILES string of the molecule is CC(C)(C)/C=C/N1CC(c2ccc(C(F)(F)F)cc2N2CCC(C(=O)OC(C)(C)C)CC2)[C@@](F)(C(=O)N2C(=O)OC[C@H]2Cc2ccccc2)C1. The lowest BCUT2D eigenvalue weighted by Crippen LogP contribution is -2.54. The Balaban J connectivity index is 1.53. The van der Waals surface area contributed by atoms with Gasteiger partial charge in [-0.1, -0.05) is 63.2 Å². The number of halogens is 4. The van der Waals surface area contributed by atoms with Crippen LogP contribution in [-0.2, 0) is 31.7 Å². The molecular formula is C38H47F4N3O5. The number of nitrogens with zero attached hydrogens (tertiary/aromatic N) is 3. The normalized spacial score (nSPS) is 23.9. The van der Waals surface area contributed by atoms with E-state index in [1.165, 1.54) is 6.07 Å². The first-order chi connectivity index (χ1) is 23.2. The molecule has 0 radical (unpaired) electrons. The minimum atomic E-state index is -4.67. The van der Waals surface area contributed by atoms with Gasteiger partial charge in [-0.15, -0.1) is 0 Å². The zero-order chi connectivity index (χ0) is 36.6. The highest BCUT2D eigenvalue weighted by atomic mass is 19.4. The number of anilines is 1. The lowest BCUT2D eigenvalue weighted by atomic mass is 9.82. The molecule has 0 bridgehead atoms. The molecule has 1 unspecified atom stereocenters. The van der Waals surface area contributed by atoms with Crippen molar-refractivity contribution in [3.05, 3.63) is 77.5 Å². The first kappa shape index (κ1) is 37.2. The van der Waals surface area contributed by atoms with Crippen LogP contribution in [-0.4, -0.2) is 77.9 Å². The Bertz CT molecular complexity index is 1590. The summed E-state index contributed by atoms with van der Waals surface area (Å²) in [6.07, 6.45) is -1.13. The molecule has 3 aliphatic heterocycles. The molecule has 3 atom stereocenters. The van der Waals surface area contributed by atoms with Crippen molar-refractivity contribution in [2.24, 2.45) is 11.3 Å². The molecule has 3 fully saturated rings. The number of cyclic esters (lactones) is 1. The average molecular weight is 702 g/mol. The molecule has 0 aromatic heterocycles. The van der Waals surface area contributed by atoms with Crippen molar-refractivity contribution in [2.45, 2.75) is 90.2 Å². The minimum absolute atomic E-state index is 0.0200. The Labute approximate surface area is 291 Å². The topological polar surface area (TPSA) is 79.4 Å². The van der Waals surface area contributed by atoms with Crippen molar-refractivity contribution >= 4 is 23.7 Å². The number of piperidine rings is 1. The molecule has 12 heteroatoms. The van der Waals surface area contributed by atoms with Gasteiger partial charge in [0.2, 0.25) is 5.67 Å². The van der Waals surface area contributed by atoms with Gasteiger partial charge in [0, 0.05) is 31.2 Å². The summed E-state index contributed by atoms with van der Waals surface area (Å²) in [5, 5.41) is 0. The number of allylic oxidation sites excluding steroid dienone is 1. The number of ether oxygens (including phenoxy) is 2. The lowest BCUT2D eigenvalue weighted by molar-refractivity contribution is -0.160.